The number of hydrogen-bond acceptors (Lipinski definition) is 5. The topological polar surface area (TPSA) is 104 Å². The summed E-state index contributed by atoms with van der Waals surface area (Å²) in [6, 6.07) is 7.86. The molecule has 10 heteroatoms. The van der Waals surface area contributed by atoms with Crippen LogP contribution in [0.1, 0.15) is 35.0 Å². The molecule has 0 bridgehead atoms. The second kappa shape index (κ2) is 7.16. The Kier molecular flexibility index (Phi) is 5.00. The van der Waals surface area contributed by atoms with E-state index in [2.05, 4.69) is 15.3 Å². The van der Waals surface area contributed by atoms with Crippen molar-refractivity contribution in [3.05, 3.63) is 59.2 Å². The van der Waals surface area contributed by atoms with E-state index in [-0.39, 0.29) is 28.3 Å². The van der Waals surface area contributed by atoms with Gasteiger partial charge < -0.3 is 11.1 Å². The molecule has 2 aromatic rings. The van der Waals surface area contributed by atoms with Crippen molar-refractivity contribution in [2.75, 3.05) is 5.32 Å². The average Bonchev–Trinajstić information content (AvgIpc) is 2.99. The maximum absolute atomic E-state index is 14.5. The largest absolute Gasteiger partial charge is 0.394 e. The van der Waals surface area contributed by atoms with Gasteiger partial charge in [0, 0.05) is 23.9 Å². The third-order valence-electron chi connectivity index (χ3n) is 4.76. The Bertz CT molecular complexity index is 1030. The fraction of sp³-hybridized carbons (Fsp3) is 0.263. The molecule has 0 fully saturated rings. The molecule has 0 spiro atoms. The molecule has 0 radical (unpaired) electrons. The third-order valence-corrected chi connectivity index (χ3v) is 4.76. The minimum atomic E-state index is -4.64. The number of carbonyl (C=O) groups is 1. The zero-order valence-electron chi connectivity index (χ0n) is 15.1. The summed E-state index contributed by atoms with van der Waals surface area (Å²) < 4.78 is 54.9. The average molecular weight is 405 g/mol. The van der Waals surface area contributed by atoms with Crippen molar-refractivity contribution in [2.24, 2.45) is 16.6 Å². The van der Waals surface area contributed by atoms with Crippen LogP contribution in [0.4, 0.5) is 23.2 Å². The standard InChI is InChI=1S/C19H15F4N5O/c1-18(15(19(21,22)23)7-16(25)28-18)12-6-11(3-4-13(12)20)27-17(29)14-5-2-10(8-24)9-26-14/h2-6,9,15H,7H2,1H3,(H2,25,28)(H,27,29)/t15-,18-/m1/s1. The summed E-state index contributed by atoms with van der Waals surface area (Å²) in [6.07, 6.45) is -3.97. The molecule has 2 atom stereocenters. The summed E-state index contributed by atoms with van der Waals surface area (Å²) in [5, 5.41) is 11.2. The number of nitrogens with two attached hydrogens (primary N) is 1. The van der Waals surface area contributed by atoms with E-state index in [9.17, 15) is 22.4 Å². The van der Waals surface area contributed by atoms with Gasteiger partial charge in [-0.2, -0.15) is 18.4 Å². The molecule has 1 aliphatic heterocycles. The van der Waals surface area contributed by atoms with Gasteiger partial charge in [-0.1, -0.05) is 0 Å². The number of rotatable bonds is 3. The van der Waals surface area contributed by atoms with E-state index < -0.39 is 35.8 Å². The minimum Gasteiger partial charge on any atom is -0.387 e. The predicted molar refractivity (Wildman–Crippen MR) is 96.4 cm³/mol. The number of nitriles is 1. The number of anilines is 1. The van der Waals surface area contributed by atoms with Crippen molar-refractivity contribution >= 4 is 17.4 Å². The lowest BCUT2D eigenvalue weighted by atomic mass is 9.79. The number of carbonyl (C=O) groups excluding carboxylic acids is 1. The first-order chi connectivity index (χ1) is 13.5. The van der Waals surface area contributed by atoms with Crippen LogP contribution in [0.15, 0.2) is 41.5 Å². The van der Waals surface area contributed by atoms with Crippen LogP contribution in [0.5, 0.6) is 0 Å². The lowest BCUT2D eigenvalue weighted by Gasteiger charge is -2.31. The third kappa shape index (κ3) is 3.89. The van der Waals surface area contributed by atoms with Gasteiger partial charge in [-0.25, -0.2) is 9.37 Å². The fourth-order valence-electron chi connectivity index (χ4n) is 3.29. The summed E-state index contributed by atoms with van der Waals surface area (Å²) in [4.78, 5) is 20.0. The van der Waals surface area contributed by atoms with Crippen molar-refractivity contribution in [3.63, 3.8) is 0 Å². The maximum atomic E-state index is 14.5. The number of hydrogen-bond donors (Lipinski definition) is 2. The van der Waals surface area contributed by atoms with E-state index in [0.717, 1.165) is 19.1 Å². The normalized spacial score (nSPS) is 21.4. The van der Waals surface area contributed by atoms with Crippen LogP contribution in [0, 0.1) is 23.1 Å². The highest BCUT2D eigenvalue weighted by Gasteiger charge is 2.56. The lowest BCUT2D eigenvalue weighted by molar-refractivity contribution is -0.187. The van der Waals surface area contributed by atoms with Crippen molar-refractivity contribution < 1.29 is 22.4 Å². The first-order valence-corrected chi connectivity index (χ1v) is 8.43. The van der Waals surface area contributed by atoms with Crippen molar-refractivity contribution in [1.29, 1.82) is 5.26 Å². The van der Waals surface area contributed by atoms with Gasteiger partial charge in [0.05, 0.1) is 22.9 Å². The number of amides is 1. The Morgan fingerprint density at radius 1 is 1.34 bits per heavy atom. The molecule has 3 N–H and O–H groups in total. The summed E-state index contributed by atoms with van der Waals surface area (Å²) in [7, 11) is 0. The van der Waals surface area contributed by atoms with Crippen molar-refractivity contribution in [2.45, 2.75) is 25.1 Å². The van der Waals surface area contributed by atoms with Crippen LogP contribution in [-0.2, 0) is 5.54 Å². The zero-order valence-corrected chi connectivity index (χ0v) is 15.1. The lowest BCUT2D eigenvalue weighted by Crippen LogP contribution is -2.38. The Morgan fingerprint density at radius 3 is 2.66 bits per heavy atom. The molecular weight excluding hydrogens is 390 g/mol. The van der Waals surface area contributed by atoms with Gasteiger partial charge in [-0.15, -0.1) is 0 Å². The van der Waals surface area contributed by atoms with Crippen LogP contribution in [0.2, 0.25) is 0 Å². The van der Waals surface area contributed by atoms with Crippen LogP contribution in [-0.4, -0.2) is 22.9 Å². The molecule has 0 saturated carbocycles. The van der Waals surface area contributed by atoms with E-state index in [1.54, 1.807) is 0 Å². The summed E-state index contributed by atoms with van der Waals surface area (Å²) in [6.45, 7) is 1.16. The van der Waals surface area contributed by atoms with Gasteiger partial charge in [0.1, 0.15) is 17.6 Å². The number of aromatic nitrogens is 1. The molecule has 2 heterocycles. The van der Waals surface area contributed by atoms with Crippen molar-refractivity contribution in [1.82, 2.24) is 4.98 Å². The molecule has 1 aliphatic rings. The first-order valence-electron chi connectivity index (χ1n) is 8.43. The van der Waals surface area contributed by atoms with Gasteiger partial charge in [0.25, 0.3) is 5.91 Å². The quantitative estimate of drug-likeness (QED) is 0.763. The van der Waals surface area contributed by atoms with Gasteiger partial charge in [-0.05, 0) is 37.3 Å². The van der Waals surface area contributed by atoms with Gasteiger partial charge in [-0.3, -0.25) is 9.79 Å². The van der Waals surface area contributed by atoms with Crippen molar-refractivity contribution in [3.8, 4) is 6.07 Å². The Balaban J connectivity index is 1.94. The van der Waals surface area contributed by atoms with Gasteiger partial charge >= 0.3 is 6.18 Å². The molecule has 6 nitrogen and oxygen atoms in total. The SMILES string of the molecule is C[C@]1(c2cc(NC(=O)c3ccc(C#N)cn3)ccc2F)N=C(N)C[C@H]1C(F)(F)F. The highest BCUT2D eigenvalue weighted by atomic mass is 19.4. The number of nitrogens with zero attached hydrogens (tertiary/aromatic N) is 3. The number of nitrogens with one attached hydrogen (secondary N) is 1. The second-order valence-electron chi connectivity index (χ2n) is 6.74. The Labute approximate surface area is 163 Å². The van der Waals surface area contributed by atoms with Gasteiger partial charge in [0.2, 0.25) is 0 Å². The summed E-state index contributed by atoms with van der Waals surface area (Å²) in [5.74, 6) is -3.77. The molecule has 29 heavy (non-hydrogen) atoms. The summed E-state index contributed by atoms with van der Waals surface area (Å²) in [5.41, 5.74) is 3.55. The number of benzene rings is 1. The predicted octanol–water partition coefficient (Wildman–Crippen LogP) is 3.50. The highest BCUT2D eigenvalue weighted by molar-refractivity contribution is 6.02. The zero-order chi connectivity index (χ0) is 21.4. The summed E-state index contributed by atoms with van der Waals surface area (Å²) >= 11 is 0. The number of halogens is 4. The van der Waals surface area contributed by atoms with Crippen LogP contribution < -0.4 is 11.1 Å². The van der Waals surface area contributed by atoms with E-state index >= 15 is 0 Å². The smallest absolute Gasteiger partial charge is 0.387 e. The van der Waals surface area contributed by atoms with E-state index in [1.807, 2.05) is 6.07 Å². The number of pyridine rings is 1. The molecule has 1 amide bonds. The molecule has 0 unspecified atom stereocenters. The van der Waals surface area contributed by atoms with Crippen LogP contribution in [0.3, 0.4) is 0 Å². The molecule has 150 valence electrons. The number of amidine groups is 1. The number of aliphatic imine (C=N–C) groups is 1. The molecule has 0 saturated heterocycles. The molecule has 3 rings (SSSR count). The molecule has 1 aromatic carbocycles. The maximum Gasteiger partial charge on any atom is 0.394 e. The Morgan fingerprint density at radius 2 is 2.07 bits per heavy atom. The Hall–Kier alpha value is -3.48. The molecular formula is C19H15F4N5O. The van der Waals surface area contributed by atoms with E-state index in [1.165, 1.54) is 24.4 Å². The first kappa shape index (κ1) is 20.3. The molecule has 0 aliphatic carbocycles. The molecule has 1 aromatic heterocycles. The fourth-order valence-corrected chi connectivity index (χ4v) is 3.29. The van der Waals surface area contributed by atoms with Crippen LogP contribution >= 0.6 is 0 Å². The highest BCUT2D eigenvalue weighted by Crippen LogP contribution is 2.49. The second-order valence-corrected chi connectivity index (χ2v) is 6.74. The minimum absolute atomic E-state index is 0.0163. The van der Waals surface area contributed by atoms with E-state index in [4.69, 9.17) is 11.0 Å². The van der Waals surface area contributed by atoms with E-state index in [0.29, 0.717) is 0 Å². The van der Waals surface area contributed by atoms with Crippen LogP contribution in [0.25, 0.3) is 0 Å². The number of alkyl halides is 3. The van der Waals surface area contributed by atoms with Gasteiger partial charge in [0.15, 0.2) is 0 Å². The monoisotopic (exact) mass is 405 g/mol.